The molecule has 0 saturated carbocycles. The molecule has 5 heteroatoms. The van der Waals surface area contributed by atoms with Gasteiger partial charge >= 0.3 is 0 Å². The van der Waals surface area contributed by atoms with E-state index in [-0.39, 0.29) is 5.91 Å². The van der Waals surface area contributed by atoms with Crippen LogP contribution in [0.4, 0.5) is 11.6 Å². The Morgan fingerprint density at radius 1 is 1.00 bits per heavy atom. The molecule has 1 fully saturated rings. The monoisotopic (exact) mass is 372 g/mol. The summed E-state index contributed by atoms with van der Waals surface area (Å²) in [5.74, 6) is 0.656. The molecule has 2 aromatic carbocycles. The number of likely N-dealkylation sites (tertiary alicyclic amines) is 1. The van der Waals surface area contributed by atoms with E-state index >= 15 is 0 Å². The van der Waals surface area contributed by atoms with Gasteiger partial charge in [0.15, 0.2) is 0 Å². The Balaban J connectivity index is 1.61. The molecular formula is C23H24N4O. The predicted molar refractivity (Wildman–Crippen MR) is 112 cm³/mol. The number of rotatable bonds is 4. The number of carbonyl (C=O) groups is 1. The molecule has 0 aliphatic carbocycles. The number of nitrogens with zero attached hydrogens (tertiary/aromatic N) is 3. The summed E-state index contributed by atoms with van der Waals surface area (Å²) >= 11 is 0. The van der Waals surface area contributed by atoms with Crippen LogP contribution in [0.25, 0.3) is 11.3 Å². The summed E-state index contributed by atoms with van der Waals surface area (Å²) < 4.78 is 0. The summed E-state index contributed by atoms with van der Waals surface area (Å²) in [6, 6.07) is 17.7. The first-order valence-corrected chi connectivity index (χ1v) is 9.76. The van der Waals surface area contributed by atoms with Gasteiger partial charge in [-0.1, -0.05) is 30.3 Å². The maximum Gasteiger partial charge on any atom is 0.254 e. The molecular weight excluding hydrogens is 348 g/mol. The van der Waals surface area contributed by atoms with Crippen LogP contribution in [0.2, 0.25) is 0 Å². The van der Waals surface area contributed by atoms with E-state index in [1.807, 2.05) is 66.4 Å². The minimum absolute atomic E-state index is 0.121. The summed E-state index contributed by atoms with van der Waals surface area (Å²) in [5, 5.41) is 3.22. The summed E-state index contributed by atoms with van der Waals surface area (Å²) in [6.07, 6.45) is 5.12. The molecule has 4 rings (SSSR count). The fourth-order valence-electron chi connectivity index (χ4n) is 3.51. The largest absolute Gasteiger partial charge is 0.339 e. The number of hydrogen-bond acceptors (Lipinski definition) is 4. The van der Waals surface area contributed by atoms with Crippen molar-refractivity contribution in [1.29, 1.82) is 0 Å². The number of amides is 1. The molecule has 28 heavy (non-hydrogen) atoms. The topological polar surface area (TPSA) is 58.1 Å². The van der Waals surface area contributed by atoms with Crippen molar-refractivity contribution in [3.8, 4) is 11.3 Å². The normalized spacial score (nSPS) is 14.0. The van der Waals surface area contributed by atoms with Crippen LogP contribution < -0.4 is 5.32 Å². The van der Waals surface area contributed by atoms with Gasteiger partial charge in [-0.3, -0.25) is 4.79 Å². The molecule has 0 atom stereocenters. The number of para-hydroxylation sites is 1. The smallest absolute Gasteiger partial charge is 0.254 e. The Morgan fingerprint density at radius 2 is 1.79 bits per heavy atom. The van der Waals surface area contributed by atoms with Crippen molar-refractivity contribution in [2.24, 2.45) is 0 Å². The molecule has 1 N–H and O–H groups in total. The van der Waals surface area contributed by atoms with Crippen LogP contribution in [-0.2, 0) is 0 Å². The highest BCUT2D eigenvalue weighted by Gasteiger charge is 2.20. The highest BCUT2D eigenvalue weighted by atomic mass is 16.2. The third-order valence-corrected chi connectivity index (χ3v) is 5.09. The van der Waals surface area contributed by atoms with Crippen LogP contribution in [0.5, 0.6) is 0 Å². The third-order valence-electron chi connectivity index (χ3n) is 5.09. The number of aromatic nitrogens is 2. The lowest BCUT2D eigenvalue weighted by Gasteiger charge is -2.27. The first-order chi connectivity index (χ1) is 13.7. The summed E-state index contributed by atoms with van der Waals surface area (Å²) in [7, 11) is 0. The zero-order chi connectivity index (χ0) is 19.3. The van der Waals surface area contributed by atoms with E-state index in [0.29, 0.717) is 5.95 Å². The van der Waals surface area contributed by atoms with Gasteiger partial charge < -0.3 is 10.2 Å². The van der Waals surface area contributed by atoms with Crippen molar-refractivity contribution < 1.29 is 4.79 Å². The van der Waals surface area contributed by atoms with Gasteiger partial charge in [0, 0.05) is 36.1 Å². The average Bonchev–Trinajstić information content (AvgIpc) is 2.75. The van der Waals surface area contributed by atoms with E-state index in [1.54, 1.807) is 6.20 Å². The van der Waals surface area contributed by atoms with E-state index < -0.39 is 0 Å². The number of benzene rings is 2. The van der Waals surface area contributed by atoms with Crippen LogP contribution >= 0.6 is 0 Å². The fourth-order valence-corrected chi connectivity index (χ4v) is 3.51. The van der Waals surface area contributed by atoms with E-state index in [9.17, 15) is 4.79 Å². The molecule has 1 aromatic heterocycles. The van der Waals surface area contributed by atoms with E-state index in [4.69, 9.17) is 0 Å². The molecule has 0 bridgehead atoms. The Labute approximate surface area is 165 Å². The summed E-state index contributed by atoms with van der Waals surface area (Å²) in [5.41, 5.74) is 4.40. The predicted octanol–water partition coefficient (Wildman–Crippen LogP) is 4.82. The van der Waals surface area contributed by atoms with Crippen LogP contribution in [0.15, 0.2) is 60.8 Å². The summed E-state index contributed by atoms with van der Waals surface area (Å²) in [6.45, 7) is 3.69. The van der Waals surface area contributed by atoms with Gasteiger partial charge in [-0.15, -0.1) is 0 Å². The van der Waals surface area contributed by atoms with Crippen molar-refractivity contribution in [1.82, 2.24) is 14.9 Å². The Bertz CT molecular complexity index is 965. The van der Waals surface area contributed by atoms with Crippen molar-refractivity contribution >= 4 is 17.5 Å². The number of piperidine rings is 1. The molecule has 5 nitrogen and oxygen atoms in total. The van der Waals surface area contributed by atoms with Gasteiger partial charge in [-0.2, -0.15) is 0 Å². The molecule has 1 aliphatic heterocycles. The Kier molecular flexibility index (Phi) is 5.33. The lowest BCUT2D eigenvalue weighted by atomic mass is 10.0. The second-order valence-corrected chi connectivity index (χ2v) is 7.14. The van der Waals surface area contributed by atoms with Gasteiger partial charge in [-0.05, 0) is 56.0 Å². The lowest BCUT2D eigenvalue weighted by Crippen LogP contribution is -2.35. The van der Waals surface area contributed by atoms with Crippen LogP contribution in [0, 0.1) is 6.92 Å². The highest BCUT2D eigenvalue weighted by molar-refractivity contribution is 5.97. The van der Waals surface area contributed by atoms with Crippen molar-refractivity contribution in [3.63, 3.8) is 0 Å². The van der Waals surface area contributed by atoms with Gasteiger partial charge in [0.05, 0.1) is 5.69 Å². The number of anilines is 2. The Morgan fingerprint density at radius 3 is 2.57 bits per heavy atom. The molecule has 0 unspecified atom stereocenters. The molecule has 0 spiro atoms. The van der Waals surface area contributed by atoms with E-state index in [0.717, 1.165) is 54.0 Å². The first-order valence-electron chi connectivity index (χ1n) is 9.76. The third kappa shape index (κ3) is 4.03. The fraction of sp³-hybridized carbons (Fsp3) is 0.261. The number of nitrogens with one attached hydrogen (secondary N) is 1. The minimum atomic E-state index is 0.121. The molecule has 2 heterocycles. The first kappa shape index (κ1) is 18.2. The van der Waals surface area contributed by atoms with Gasteiger partial charge in [0.25, 0.3) is 5.91 Å². The number of hydrogen-bond donors (Lipinski definition) is 1. The SMILES string of the molecule is Cc1ccc(-c2ccnc(Nc3ccccc3)n2)cc1C(=O)N1CCCCC1. The van der Waals surface area contributed by atoms with Crippen LogP contribution in [-0.4, -0.2) is 33.9 Å². The molecule has 1 amide bonds. The maximum atomic E-state index is 13.0. The van der Waals surface area contributed by atoms with E-state index in [2.05, 4.69) is 15.3 Å². The van der Waals surface area contributed by atoms with Crippen molar-refractivity contribution in [2.75, 3.05) is 18.4 Å². The molecule has 3 aromatic rings. The number of aryl methyl sites for hydroxylation is 1. The number of carbonyl (C=O) groups excluding carboxylic acids is 1. The van der Waals surface area contributed by atoms with Crippen LogP contribution in [0.1, 0.15) is 35.2 Å². The van der Waals surface area contributed by atoms with Crippen molar-refractivity contribution in [3.05, 3.63) is 71.9 Å². The van der Waals surface area contributed by atoms with Gasteiger partial charge in [0.2, 0.25) is 5.95 Å². The van der Waals surface area contributed by atoms with Crippen LogP contribution in [0.3, 0.4) is 0 Å². The van der Waals surface area contributed by atoms with Gasteiger partial charge in [-0.25, -0.2) is 9.97 Å². The average molecular weight is 372 g/mol. The highest BCUT2D eigenvalue weighted by Crippen LogP contribution is 2.24. The summed E-state index contributed by atoms with van der Waals surface area (Å²) in [4.78, 5) is 23.9. The zero-order valence-electron chi connectivity index (χ0n) is 16.1. The Hall–Kier alpha value is -3.21. The molecule has 0 radical (unpaired) electrons. The maximum absolute atomic E-state index is 13.0. The van der Waals surface area contributed by atoms with Gasteiger partial charge in [0.1, 0.15) is 0 Å². The molecule has 142 valence electrons. The molecule has 1 saturated heterocycles. The van der Waals surface area contributed by atoms with E-state index in [1.165, 1.54) is 6.42 Å². The van der Waals surface area contributed by atoms with Crippen molar-refractivity contribution in [2.45, 2.75) is 26.2 Å². The second-order valence-electron chi connectivity index (χ2n) is 7.14. The second kappa shape index (κ2) is 8.21. The standard InChI is InChI=1S/C23H24N4O/c1-17-10-11-18(16-20(17)22(28)27-14-6-3-7-15-27)21-12-13-24-23(26-21)25-19-8-4-2-5-9-19/h2,4-5,8-13,16H,3,6-7,14-15H2,1H3,(H,24,25,26). The zero-order valence-corrected chi connectivity index (χ0v) is 16.1. The quantitative estimate of drug-likeness (QED) is 0.713. The molecule has 1 aliphatic rings. The minimum Gasteiger partial charge on any atom is -0.339 e. The lowest BCUT2D eigenvalue weighted by molar-refractivity contribution is 0.0723.